The van der Waals surface area contributed by atoms with Crippen LogP contribution in [0.25, 0.3) is 0 Å². The van der Waals surface area contributed by atoms with Crippen LogP contribution in [0.2, 0.25) is 0 Å². The van der Waals surface area contributed by atoms with Crippen LogP contribution in [-0.2, 0) is 38.0 Å². The summed E-state index contributed by atoms with van der Waals surface area (Å²) in [6, 6.07) is 0. The van der Waals surface area contributed by atoms with Crippen molar-refractivity contribution in [3.63, 3.8) is 0 Å². The molecule has 68 heavy (non-hydrogen) atoms. The molecule has 3 heterocycles. The van der Waals surface area contributed by atoms with Gasteiger partial charge in [-0.1, -0.05) is 46.3 Å². The Morgan fingerprint density at radius 3 is 1.85 bits per heavy atom. The zero-order chi connectivity index (χ0) is 49.8. The number of carbonyl (C=O) groups is 2. The fourth-order valence-electron chi connectivity index (χ4n) is 14.8. The van der Waals surface area contributed by atoms with E-state index in [1.54, 1.807) is 6.92 Å². The third-order valence-electron chi connectivity index (χ3n) is 19.4. The fourth-order valence-corrected chi connectivity index (χ4v) is 14.8. The lowest BCUT2D eigenvalue weighted by atomic mass is 9.33. The molecule has 0 aromatic rings. The van der Waals surface area contributed by atoms with Crippen LogP contribution in [0.15, 0.2) is 11.6 Å². The first-order valence-corrected chi connectivity index (χ1v) is 24.5. The summed E-state index contributed by atoms with van der Waals surface area (Å²) < 4.78 is 35.0. The maximum absolute atomic E-state index is 15.3. The van der Waals surface area contributed by atoms with E-state index >= 15 is 4.79 Å². The molecule has 388 valence electrons. The lowest BCUT2D eigenvalue weighted by molar-refractivity contribution is -0.363. The van der Waals surface area contributed by atoms with Gasteiger partial charge in [0.05, 0.1) is 36.8 Å². The molecule has 12 N–H and O–H groups in total. The summed E-state index contributed by atoms with van der Waals surface area (Å²) in [6.07, 6.45) is -19.1. The summed E-state index contributed by atoms with van der Waals surface area (Å²) in [4.78, 5) is 28.2. The fraction of sp³-hybridized carbons (Fsp3) is 0.917. The van der Waals surface area contributed by atoms with Crippen LogP contribution in [0, 0.1) is 50.2 Å². The van der Waals surface area contributed by atoms with Gasteiger partial charge in [0.1, 0.15) is 73.2 Å². The molecule has 5 aliphatic carbocycles. The normalized spacial score (nSPS) is 53.4. The third kappa shape index (κ3) is 8.03. The van der Waals surface area contributed by atoms with Crippen LogP contribution in [0.5, 0.6) is 0 Å². The van der Waals surface area contributed by atoms with E-state index in [4.69, 9.17) is 28.4 Å². The number of fused-ring (bicyclic) bond motifs is 7. The standard InChI is InChI=1S/C48H76O20/c1-43(2)13-15-48(16-14-45(4)21(22(48)17-43)7-8-26-44(3)11-10-28(51)47(6,41(60)61)27(44)9-12-46(26,45)5)42(62)68-40-36(59)37(67-39-35(58)33(56)30(53)24(19-50)65-39)31(54)25(66-40)20-63-38-34(57)32(55)29(52)23(18-49)64-38/h7,22-40,49-59H,8-20H2,1-6H3,(H,60,61)/t22?,23-,24-,25-,26?,27?,28+,29-,30-,31-,32+,33+,34-,35-,36-,37+,38-,39+,40+,44-,45-,46-,47+,48+/m1/s1. The monoisotopic (exact) mass is 972 g/mol. The van der Waals surface area contributed by atoms with Crippen LogP contribution >= 0.6 is 0 Å². The number of esters is 1. The summed E-state index contributed by atoms with van der Waals surface area (Å²) in [5, 5.41) is 128. The van der Waals surface area contributed by atoms with Crippen molar-refractivity contribution < 1.29 is 99.3 Å². The highest BCUT2D eigenvalue weighted by atomic mass is 16.8. The Labute approximate surface area is 396 Å². The van der Waals surface area contributed by atoms with Gasteiger partial charge in [0.15, 0.2) is 12.6 Å². The van der Waals surface area contributed by atoms with Gasteiger partial charge in [-0.3, -0.25) is 9.59 Å². The molecular formula is C48H76O20. The highest BCUT2D eigenvalue weighted by Gasteiger charge is 2.71. The predicted molar refractivity (Wildman–Crippen MR) is 232 cm³/mol. The number of allylic oxidation sites excluding steroid dienone is 2. The van der Waals surface area contributed by atoms with Crippen molar-refractivity contribution in [3.05, 3.63) is 11.6 Å². The number of carboxylic acid groups (broad SMARTS) is 1. The molecule has 0 radical (unpaired) electrons. The molecule has 0 aromatic heterocycles. The van der Waals surface area contributed by atoms with Gasteiger partial charge >= 0.3 is 11.9 Å². The number of aliphatic carboxylic acids is 1. The van der Waals surface area contributed by atoms with E-state index in [2.05, 4.69) is 40.7 Å². The molecule has 8 rings (SSSR count). The molecule has 7 fully saturated rings. The van der Waals surface area contributed by atoms with E-state index in [0.29, 0.717) is 57.8 Å². The van der Waals surface area contributed by atoms with Gasteiger partial charge in [0.25, 0.3) is 0 Å². The van der Waals surface area contributed by atoms with Crippen LogP contribution in [-0.4, -0.2) is 191 Å². The molecule has 24 atom stereocenters. The van der Waals surface area contributed by atoms with Crippen molar-refractivity contribution in [1.29, 1.82) is 0 Å². The number of aliphatic hydroxyl groups excluding tert-OH is 11. The summed E-state index contributed by atoms with van der Waals surface area (Å²) >= 11 is 0. The van der Waals surface area contributed by atoms with Crippen molar-refractivity contribution in [2.24, 2.45) is 50.2 Å². The smallest absolute Gasteiger partial charge is 0.315 e. The number of aliphatic hydroxyl groups is 11. The van der Waals surface area contributed by atoms with E-state index in [1.807, 2.05) is 0 Å². The van der Waals surface area contributed by atoms with E-state index in [1.165, 1.54) is 0 Å². The van der Waals surface area contributed by atoms with E-state index in [0.717, 1.165) is 12.0 Å². The SMILES string of the molecule is CC1(C)CC[C@]2(C(=O)O[C@@H]3O[C@H](CO[C@@H]4O[C@H](CO)[C@@H](O)[C@H](O)[C@H]4O)[C@@H](O)[C@H](O[C@@H]4O[C@H](CO)[C@@H](O)[C@H](O)[C@H]4O)[C@H]3O)CC[C@]3(C)C(=CCC4[C@@]5(C)CC[C@H](O)[C@@](C)(C(=O)O)C5CC[C@]43C)C2C1. The Morgan fingerprint density at radius 2 is 1.24 bits per heavy atom. The van der Waals surface area contributed by atoms with Crippen molar-refractivity contribution in [3.8, 4) is 0 Å². The van der Waals surface area contributed by atoms with Crippen LogP contribution in [0.1, 0.15) is 106 Å². The third-order valence-corrected chi connectivity index (χ3v) is 19.4. The Morgan fingerprint density at radius 1 is 0.647 bits per heavy atom. The van der Waals surface area contributed by atoms with Crippen molar-refractivity contribution in [2.75, 3.05) is 19.8 Å². The number of hydrogen-bond donors (Lipinski definition) is 12. The first-order valence-electron chi connectivity index (χ1n) is 24.5. The van der Waals surface area contributed by atoms with Crippen molar-refractivity contribution >= 4 is 11.9 Å². The van der Waals surface area contributed by atoms with Gasteiger partial charge in [0.2, 0.25) is 6.29 Å². The quantitative estimate of drug-likeness (QED) is 0.0942. The Bertz CT molecular complexity index is 1900. The number of carboxylic acids is 1. The van der Waals surface area contributed by atoms with Crippen molar-refractivity contribution in [1.82, 2.24) is 0 Å². The average molecular weight is 973 g/mol. The molecule has 0 aromatic carbocycles. The van der Waals surface area contributed by atoms with Gasteiger partial charge in [-0.05, 0) is 111 Å². The molecule has 0 amide bonds. The zero-order valence-corrected chi connectivity index (χ0v) is 39.9. The van der Waals surface area contributed by atoms with Gasteiger partial charge in [-0.2, -0.15) is 0 Å². The number of hydrogen-bond acceptors (Lipinski definition) is 19. The first kappa shape index (κ1) is 52.4. The molecule has 3 saturated heterocycles. The molecule has 20 nitrogen and oxygen atoms in total. The summed E-state index contributed by atoms with van der Waals surface area (Å²) in [7, 11) is 0. The summed E-state index contributed by atoms with van der Waals surface area (Å²) in [5.74, 6) is -2.09. The Hall–Kier alpha value is -1.96. The second kappa shape index (κ2) is 18.5. The summed E-state index contributed by atoms with van der Waals surface area (Å²) in [5.41, 5.74) is -2.48. The molecule has 8 aliphatic rings. The van der Waals surface area contributed by atoms with Crippen LogP contribution < -0.4 is 0 Å². The minimum Gasteiger partial charge on any atom is -0.481 e. The van der Waals surface area contributed by atoms with Gasteiger partial charge in [-0.15, -0.1) is 0 Å². The number of ether oxygens (including phenoxy) is 6. The van der Waals surface area contributed by atoms with Gasteiger partial charge < -0.3 is 89.7 Å². The van der Waals surface area contributed by atoms with Crippen LogP contribution in [0.3, 0.4) is 0 Å². The lowest BCUT2D eigenvalue weighted by Crippen LogP contribution is -2.67. The maximum atomic E-state index is 15.3. The molecule has 0 bridgehead atoms. The van der Waals surface area contributed by atoms with E-state index in [9.17, 15) is 66.1 Å². The average Bonchev–Trinajstić information content (AvgIpc) is 3.29. The zero-order valence-electron chi connectivity index (χ0n) is 39.9. The molecule has 3 aliphatic heterocycles. The molecule has 20 heteroatoms. The van der Waals surface area contributed by atoms with Gasteiger partial charge in [0, 0.05) is 0 Å². The maximum Gasteiger partial charge on any atom is 0.315 e. The number of rotatable bonds is 10. The van der Waals surface area contributed by atoms with E-state index < -0.39 is 146 Å². The topological polar surface area (TPSA) is 332 Å². The minimum absolute atomic E-state index is 0.102. The lowest BCUT2D eigenvalue weighted by Gasteiger charge is -2.71. The van der Waals surface area contributed by atoms with Gasteiger partial charge in [-0.25, -0.2) is 0 Å². The highest BCUT2D eigenvalue weighted by molar-refractivity contribution is 5.79. The van der Waals surface area contributed by atoms with Crippen molar-refractivity contribution in [2.45, 2.75) is 204 Å². The highest BCUT2D eigenvalue weighted by Crippen LogP contribution is 2.76. The number of carbonyl (C=O) groups excluding carboxylic acids is 1. The molecular weight excluding hydrogens is 897 g/mol. The van der Waals surface area contributed by atoms with Crippen LogP contribution in [0.4, 0.5) is 0 Å². The first-order chi connectivity index (χ1) is 31.8. The molecule has 3 unspecified atom stereocenters. The molecule has 0 spiro atoms. The summed E-state index contributed by atoms with van der Waals surface area (Å²) in [6.45, 7) is 10.6. The second-order valence-electron chi connectivity index (χ2n) is 23.3. The predicted octanol–water partition coefficient (Wildman–Crippen LogP) is -0.795. The minimum atomic E-state index is -1.98. The second-order valence-corrected chi connectivity index (χ2v) is 23.3. The Kier molecular flexibility index (Phi) is 14.3. The van der Waals surface area contributed by atoms with E-state index in [-0.39, 0.29) is 34.0 Å². The largest absolute Gasteiger partial charge is 0.481 e. The Balaban J connectivity index is 1.09. The molecule has 4 saturated carbocycles.